The molecule has 0 spiro atoms. The van der Waals surface area contributed by atoms with Crippen LogP contribution in [0.5, 0.6) is 0 Å². The van der Waals surface area contributed by atoms with Crippen LogP contribution in [0.3, 0.4) is 0 Å². The molecule has 0 amide bonds. The van der Waals surface area contributed by atoms with E-state index in [1.54, 1.807) is 0 Å². The van der Waals surface area contributed by atoms with E-state index in [9.17, 15) is 13.2 Å². The van der Waals surface area contributed by atoms with E-state index in [0.29, 0.717) is 0 Å². The Morgan fingerprint density at radius 3 is 1.18 bits per heavy atom. The topological polar surface area (TPSA) is 57.2 Å². The van der Waals surface area contributed by atoms with Gasteiger partial charge in [0.15, 0.2) is 10.1 Å². The van der Waals surface area contributed by atoms with Crippen molar-refractivity contribution in [3.63, 3.8) is 0 Å². The summed E-state index contributed by atoms with van der Waals surface area (Å²) in [6, 6.07) is 92.9. The summed E-state index contributed by atoms with van der Waals surface area (Å²) in [6.45, 7) is 8.76. The normalized spacial score (nSPS) is 14.8. The van der Waals surface area contributed by atoms with Crippen LogP contribution < -0.4 is 31.8 Å². The predicted molar refractivity (Wildman–Crippen MR) is 347 cm³/mol. The summed E-state index contributed by atoms with van der Waals surface area (Å²) in [6.07, 6.45) is 4.55. The molecule has 2 saturated heterocycles. The molecule has 0 unspecified atom stereocenters. The van der Waals surface area contributed by atoms with Crippen LogP contribution in [0.25, 0.3) is 32.7 Å². The predicted octanol–water partition coefficient (Wildman–Crippen LogP) is 18.4. The molecule has 0 bridgehead atoms. The van der Waals surface area contributed by atoms with Gasteiger partial charge in [-0.25, -0.2) is 8.42 Å². The van der Waals surface area contributed by atoms with Crippen LogP contribution in [0.1, 0.15) is 38.8 Å². The van der Waals surface area contributed by atoms with Crippen molar-refractivity contribution in [2.24, 2.45) is 0 Å². The number of alkyl halides is 3. The van der Waals surface area contributed by atoms with Crippen molar-refractivity contribution in [1.82, 2.24) is 0 Å². The van der Waals surface area contributed by atoms with Gasteiger partial charge in [0.1, 0.15) is 0 Å². The molecule has 3 nitrogen and oxygen atoms in total. The quantitative estimate of drug-likeness (QED) is 0.0626. The monoisotopic (exact) mass is 1410 g/mol. The van der Waals surface area contributed by atoms with Crippen LogP contribution in [0.2, 0.25) is 0 Å². The van der Waals surface area contributed by atoms with Crippen LogP contribution >= 0.6 is 50.0 Å². The standard InChI is InChI=1S/C44H32P2.2C12H12P.CHF3O3S.2ClH.Rh.Zr/c1-5-18-35(19-6-1)45(36-20-7-2-8-21-36)39-30-28-34-17-15-27-41(42(34)32-39)44-40-26-14-13-16-33(40)29-31-43(44)46(37-22-9-3-10-23-37)38-24-11-4-12-25-38;2*1-9-8-13-12(10(9)2)11-6-4-3-5-7-11;2-1(3,4)8(5,6)7;;;;/h1-32H;2*3-8H,1-2H3;(H,5,6,7);2*1H;;/q;;;;;;;+4/p-3. The van der Waals surface area contributed by atoms with Crippen molar-refractivity contribution in [3.05, 3.63) is 313 Å². The third-order valence-corrected chi connectivity index (χ3v) is 21.9. The Balaban J connectivity index is 0.000000214. The minimum Gasteiger partial charge on any atom is -0.0622 e. The van der Waals surface area contributed by atoms with Crippen molar-refractivity contribution in [1.29, 1.82) is 0 Å². The molecule has 0 aromatic heterocycles. The third kappa shape index (κ3) is 17.7. The van der Waals surface area contributed by atoms with Crippen LogP contribution in [-0.4, -0.2) is 18.5 Å². The van der Waals surface area contributed by atoms with Gasteiger partial charge in [-0.05, 0) is 134 Å². The zero-order valence-electron chi connectivity index (χ0n) is 46.0. The average molecular weight is 1410 g/mol. The second kappa shape index (κ2) is 33.0. The Hall–Kier alpha value is -3.77. The largest absolute Gasteiger partial charge is 0.0622 e. The van der Waals surface area contributed by atoms with Gasteiger partial charge in [0.2, 0.25) is 0 Å². The van der Waals surface area contributed by atoms with E-state index in [-0.39, 0.29) is 19.5 Å². The number of halogens is 5. The van der Waals surface area contributed by atoms with Gasteiger partial charge in [0.05, 0.1) is 0 Å². The molecular weight excluding hydrogens is 1350 g/mol. The first-order valence-electron chi connectivity index (χ1n) is 26.2. The van der Waals surface area contributed by atoms with Gasteiger partial charge >= 0.3 is 43.4 Å². The van der Waals surface area contributed by atoms with Crippen molar-refractivity contribution < 1.29 is 66.5 Å². The van der Waals surface area contributed by atoms with E-state index in [2.05, 4.69) is 295 Å². The Morgan fingerprint density at radius 2 is 0.786 bits per heavy atom. The minimum atomic E-state index is -6.09. The Bertz CT molecular complexity index is 3580. The summed E-state index contributed by atoms with van der Waals surface area (Å²) in [5.74, 6) is 5.71. The van der Waals surface area contributed by atoms with Crippen LogP contribution in [0.4, 0.5) is 13.2 Å². The van der Waals surface area contributed by atoms with Gasteiger partial charge in [-0.3, -0.25) is 0 Å². The first kappa shape index (κ1) is 67.7. The second-order valence-electron chi connectivity index (χ2n) is 18.9. The number of hydrogen-bond acceptors (Lipinski definition) is 3. The van der Waals surface area contributed by atoms with Gasteiger partial charge in [-0.2, -0.15) is 13.2 Å². The summed E-state index contributed by atoms with van der Waals surface area (Å²) >= 11 is -0.826. The SMILES string of the molecule is C[C]1[CH][P][C](c2ccccc2)[C]1C.C[C]1[CH][P][C](c2ccccc2)[C]1C.O=S(=O)([O-])C(F)(F)F.[Cl][Zr+2][Cl].[Rh].c1ccc(P(c2ccccc2)c2ccc3cccc(-c4c(P(c5ccccc5)c5ccccc5)ccc5ccccc45)c3c2)cc1. The molecule has 0 saturated carbocycles. The van der Waals surface area contributed by atoms with E-state index in [1.807, 2.05) is 0 Å². The zero-order chi connectivity index (χ0) is 58.9. The van der Waals surface area contributed by atoms with Crippen LogP contribution in [0, 0.1) is 47.3 Å². The number of hydrogen-bond donors (Lipinski definition) is 0. The summed E-state index contributed by atoms with van der Waals surface area (Å²) in [5.41, 5.74) is 2.61. The number of rotatable bonds is 9. The van der Waals surface area contributed by atoms with Crippen LogP contribution in [0.15, 0.2) is 255 Å². The Labute approximate surface area is 532 Å². The van der Waals surface area contributed by atoms with E-state index >= 15 is 0 Å². The first-order chi connectivity index (χ1) is 40.1. The molecule has 84 heavy (non-hydrogen) atoms. The average Bonchev–Trinajstić information content (AvgIpc) is 1.31. The van der Waals surface area contributed by atoms with E-state index < -0.39 is 52.3 Å². The molecule has 2 heterocycles. The van der Waals surface area contributed by atoms with Crippen molar-refractivity contribution >= 4 is 114 Å². The smallest absolute Gasteiger partial charge is 0 e. The van der Waals surface area contributed by atoms with Crippen molar-refractivity contribution in [2.45, 2.75) is 33.2 Å². The molecule has 0 atom stereocenters. The maximum atomic E-state index is 10.7. The molecule has 2 fully saturated rings. The fourth-order valence-corrected chi connectivity index (χ4v) is 16.6. The van der Waals surface area contributed by atoms with E-state index in [1.165, 1.54) is 128 Å². The van der Waals surface area contributed by atoms with Gasteiger partial charge < -0.3 is 4.55 Å². The summed E-state index contributed by atoms with van der Waals surface area (Å²) in [7, 11) is 4.93. The van der Waals surface area contributed by atoms with Gasteiger partial charge in [-0.1, -0.05) is 294 Å². The Morgan fingerprint density at radius 1 is 0.440 bits per heavy atom. The fourth-order valence-electron chi connectivity index (χ4n) is 9.39. The third-order valence-electron chi connectivity index (χ3n) is 13.6. The number of fused-ring (bicyclic) bond motifs is 2. The van der Waals surface area contributed by atoms with Gasteiger partial charge in [0.25, 0.3) is 0 Å². The molecule has 10 aromatic carbocycles. The molecule has 0 N–H and O–H groups in total. The molecule has 15 heteroatoms. The fraction of sp³-hybridized carbons (Fsp3) is 0.0725. The van der Waals surface area contributed by atoms with Crippen molar-refractivity contribution in [3.8, 4) is 11.1 Å². The number of benzene rings is 10. The van der Waals surface area contributed by atoms with E-state index in [4.69, 9.17) is 30.0 Å². The molecule has 2 aliphatic heterocycles. The maximum Gasteiger partial charge on any atom is 0 e. The minimum absolute atomic E-state index is 0. The maximum absolute atomic E-state index is 10.7. The molecule has 11 radical (unpaired) electrons. The van der Waals surface area contributed by atoms with Crippen LogP contribution in [-0.2, 0) is 50.4 Å². The molecule has 12 rings (SSSR count). The van der Waals surface area contributed by atoms with Crippen molar-refractivity contribution in [2.75, 3.05) is 0 Å². The molecular formula is C69H56Cl2F3O3P4RhSZr+. The first-order valence-corrected chi connectivity index (χ1v) is 38.6. The zero-order valence-corrected chi connectivity index (χ0v) is 56.1. The summed E-state index contributed by atoms with van der Waals surface area (Å²) in [4.78, 5) is 0. The molecule has 2 aliphatic rings. The second-order valence-corrected chi connectivity index (χ2v) is 30.4. The summed E-state index contributed by atoms with van der Waals surface area (Å²) in [5, 5.41) is 13.3. The summed E-state index contributed by atoms with van der Waals surface area (Å²) < 4.78 is 58.9. The van der Waals surface area contributed by atoms with Gasteiger partial charge in [-0.15, -0.1) is 0 Å². The molecule has 0 aliphatic carbocycles. The molecule has 423 valence electrons. The van der Waals surface area contributed by atoms with E-state index in [0.717, 1.165) is 0 Å². The van der Waals surface area contributed by atoms with Gasteiger partial charge in [0, 0.05) is 30.8 Å². The Kier molecular flexibility index (Phi) is 26.6. The molecule has 10 aromatic rings.